The maximum absolute atomic E-state index is 12.9. The van der Waals surface area contributed by atoms with Crippen LogP contribution in [0.2, 0.25) is 0 Å². The number of carbonyl (C=O) groups excluding carboxylic acids is 1. The summed E-state index contributed by atoms with van der Waals surface area (Å²) in [5.41, 5.74) is 1.08. The lowest BCUT2D eigenvalue weighted by molar-refractivity contribution is 0.0944. The summed E-state index contributed by atoms with van der Waals surface area (Å²) in [6.07, 6.45) is 2.82. The maximum Gasteiger partial charge on any atom is 0.270 e. The summed E-state index contributed by atoms with van der Waals surface area (Å²) in [5.74, 6) is -0.281. The zero-order valence-corrected chi connectivity index (χ0v) is 19.5. The summed E-state index contributed by atoms with van der Waals surface area (Å²) in [7, 11) is -0.498. The Balaban J connectivity index is 2.07. The van der Waals surface area contributed by atoms with E-state index in [0.29, 0.717) is 37.6 Å². The van der Waals surface area contributed by atoms with E-state index in [1.54, 1.807) is 25.7 Å². The number of carbonyl (C=O) groups is 1. The predicted molar refractivity (Wildman–Crippen MR) is 122 cm³/mol. The summed E-state index contributed by atoms with van der Waals surface area (Å²) >= 11 is 1.26. The molecule has 0 aliphatic carbocycles. The number of aromatic nitrogens is 1. The van der Waals surface area contributed by atoms with Gasteiger partial charge in [-0.15, -0.1) is 11.3 Å². The molecule has 0 fully saturated rings. The highest BCUT2D eigenvalue weighted by atomic mass is 32.2. The van der Waals surface area contributed by atoms with E-state index in [-0.39, 0.29) is 24.7 Å². The molecule has 0 unspecified atom stereocenters. The van der Waals surface area contributed by atoms with Gasteiger partial charge in [-0.2, -0.15) is 4.31 Å². The van der Waals surface area contributed by atoms with Crippen molar-refractivity contribution >= 4 is 33.3 Å². The number of methoxy groups -OCH3 is 2. The number of ether oxygens (including phenoxy) is 2. The summed E-state index contributed by atoms with van der Waals surface area (Å²) in [6.45, 7) is 1.87. The summed E-state index contributed by atoms with van der Waals surface area (Å²) in [6, 6.07) is 9.23. The van der Waals surface area contributed by atoms with Gasteiger partial charge in [0.25, 0.3) is 5.91 Å². The van der Waals surface area contributed by atoms with Crippen LogP contribution in [0.25, 0.3) is 6.08 Å². The molecule has 31 heavy (non-hydrogen) atoms. The number of rotatable bonds is 14. The zero-order valence-electron chi connectivity index (χ0n) is 17.8. The van der Waals surface area contributed by atoms with Gasteiger partial charge >= 0.3 is 0 Å². The van der Waals surface area contributed by atoms with Gasteiger partial charge in [-0.1, -0.05) is 30.3 Å². The third-order valence-electron chi connectivity index (χ3n) is 4.25. The Labute approximate surface area is 187 Å². The lowest BCUT2D eigenvalue weighted by atomic mass is 10.2. The minimum absolute atomic E-state index is 0.0901. The fourth-order valence-corrected chi connectivity index (χ4v) is 4.70. The molecule has 10 heteroatoms. The van der Waals surface area contributed by atoms with Crippen molar-refractivity contribution in [1.82, 2.24) is 14.6 Å². The Morgan fingerprint density at radius 2 is 1.87 bits per heavy atom. The molecule has 2 aromatic rings. The topological polar surface area (TPSA) is 97.8 Å². The van der Waals surface area contributed by atoms with E-state index >= 15 is 0 Å². The quantitative estimate of drug-likeness (QED) is 0.429. The van der Waals surface area contributed by atoms with E-state index in [1.165, 1.54) is 21.1 Å². The molecule has 0 spiro atoms. The zero-order chi connectivity index (χ0) is 22.5. The number of sulfonamides is 1. The second-order valence-electron chi connectivity index (χ2n) is 6.67. The molecule has 0 radical (unpaired) electrons. The highest BCUT2D eigenvalue weighted by molar-refractivity contribution is 7.92. The van der Waals surface area contributed by atoms with Gasteiger partial charge in [-0.25, -0.2) is 13.4 Å². The molecule has 8 nitrogen and oxygen atoms in total. The lowest BCUT2D eigenvalue weighted by Gasteiger charge is -2.19. The first kappa shape index (κ1) is 25.2. The van der Waals surface area contributed by atoms with Crippen LogP contribution in [0.5, 0.6) is 0 Å². The van der Waals surface area contributed by atoms with Crippen LogP contribution in [-0.4, -0.2) is 64.1 Å². The molecule has 0 aliphatic rings. The fourth-order valence-electron chi connectivity index (χ4n) is 2.64. The molecule has 1 amide bonds. The van der Waals surface area contributed by atoms with Crippen molar-refractivity contribution < 1.29 is 22.7 Å². The first-order chi connectivity index (χ1) is 15.0. The highest BCUT2D eigenvalue weighted by Gasteiger charge is 2.21. The molecule has 0 aliphatic heterocycles. The van der Waals surface area contributed by atoms with Crippen molar-refractivity contribution in [3.05, 3.63) is 57.4 Å². The number of hydrogen-bond acceptors (Lipinski definition) is 7. The van der Waals surface area contributed by atoms with Crippen LogP contribution in [0.4, 0.5) is 0 Å². The molecule has 1 N–H and O–H groups in total. The van der Waals surface area contributed by atoms with Crippen LogP contribution in [-0.2, 0) is 26.0 Å². The molecule has 0 bridgehead atoms. The monoisotopic (exact) mass is 467 g/mol. The van der Waals surface area contributed by atoms with Crippen molar-refractivity contribution in [3.63, 3.8) is 0 Å². The molecular weight excluding hydrogens is 438 g/mol. The largest absolute Gasteiger partial charge is 0.385 e. The number of thiazole rings is 1. The van der Waals surface area contributed by atoms with E-state index in [9.17, 15) is 13.2 Å². The van der Waals surface area contributed by atoms with Gasteiger partial charge in [0, 0.05) is 51.3 Å². The van der Waals surface area contributed by atoms with Gasteiger partial charge in [-0.3, -0.25) is 4.79 Å². The molecule has 2 rings (SSSR count). The minimum Gasteiger partial charge on any atom is -0.385 e. The minimum atomic E-state index is -3.68. The molecule has 170 valence electrons. The molecule has 0 atom stereocenters. The third kappa shape index (κ3) is 8.88. The standard InChI is InChI=1S/C21H29N3O5S2/c1-28-13-6-11-22-21(25)19-17-30-20(23-19)16-24(12-7-14-29-2)31(26,27)15-10-18-8-4-3-5-9-18/h3-5,8-10,15,17H,6-7,11-14,16H2,1-2H3,(H,22,25). The van der Waals surface area contributed by atoms with Crippen molar-refractivity contribution in [1.29, 1.82) is 0 Å². The second-order valence-corrected chi connectivity index (χ2v) is 9.43. The Bertz CT molecular complexity index is 930. The summed E-state index contributed by atoms with van der Waals surface area (Å²) in [4.78, 5) is 16.5. The van der Waals surface area contributed by atoms with Crippen LogP contribution in [0.1, 0.15) is 33.9 Å². The Kier molecular flexibility index (Phi) is 10.8. The van der Waals surface area contributed by atoms with Gasteiger partial charge < -0.3 is 14.8 Å². The molecular formula is C21H29N3O5S2. The SMILES string of the molecule is COCCCNC(=O)c1csc(CN(CCCOC)S(=O)(=O)C=Cc2ccccc2)n1. The maximum atomic E-state index is 12.9. The number of hydrogen-bond donors (Lipinski definition) is 1. The average Bonchev–Trinajstić information content (AvgIpc) is 3.24. The second kappa shape index (κ2) is 13.3. The Hall–Kier alpha value is -2.11. The molecule has 0 saturated heterocycles. The Morgan fingerprint density at radius 1 is 1.16 bits per heavy atom. The number of nitrogens with zero attached hydrogens (tertiary/aromatic N) is 2. The normalized spacial score (nSPS) is 12.0. The van der Waals surface area contributed by atoms with Crippen LogP contribution in [0.3, 0.4) is 0 Å². The van der Waals surface area contributed by atoms with E-state index in [1.807, 2.05) is 30.3 Å². The number of amides is 1. The molecule has 1 heterocycles. The first-order valence-corrected chi connectivity index (χ1v) is 12.3. The van der Waals surface area contributed by atoms with Crippen molar-refractivity contribution in [2.75, 3.05) is 40.5 Å². The van der Waals surface area contributed by atoms with Gasteiger partial charge in [-0.05, 0) is 24.5 Å². The van der Waals surface area contributed by atoms with E-state index in [2.05, 4.69) is 10.3 Å². The smallest absolute Gasteiger partial charge is 0.270 e. The van der Waals surface area contributed by atoms with Gasteiger partial charge in [0.2, 0.25) is 10.0 Å². The first-order valence-electron chi connectivity index (χ1n) is 9.90. The summed E-state index contributed by atoms with van der Waals surface area (Å²) < 4.78 is 37.2. The van der Waals surface area contributed by atoms with E-state index in [4.69, 9.17) is 9.47 Å². The van der Waals surface area contributed by atoms with Gasteiger partial charge in [0.1, 0.15) is 10.7 Å². The number of benzene rings is 1. The van der Waals surface area contributed by atoms with E-state index < -0.39 is 10.0 Å². The molecule has 0 saturated carbocycles. The fraction of sp³-hybridized carbons (Fsp3) is 0.429. The lowest BCUT2D eigenvalue weighted by Crippen LogP contribution is -2.30. The van der Waals surface area contributed by atoms with E-state index in [0.717, 1.165) is 5.56 Å². The van der Waals surface area contributed by atoms with Gasteiger partial charge in [0.15, 0.2) is 0 Å². The molecule has 1 aromatic heterocycles. The van der Waals surface area contributed by atoms with Crippen LogP contribution < -0.4 is 5.32 Å². The third-order valence-corrected chi connectivity index (χ3v) is 6.60. The predicted octanol–water partition coefficient (Wildman–Crippen LogP) is 2.75. The highest BCUT2D eigenvalue weighted by Crippen LogP contribution is 2.17. The Morgan fingerprint density at radius 3 is 2.58 bits per heavy atom. The summed E-state index contributed by atoms with van der Waals surface area (Å²) in [5, 5.41) is 6.17. The average molecular weight is 468 g/mol. The van der Waals surface area contributed by atoms with Gasteiger partial charge in [0.05, 0.1) is 6.54 Å². The van der Waals surface area contributed by atoms with Crippen LogP contribution >= 0.6 is 11.3 Å². The van der Waals surface area contributed by atoms with Crippen LogP contribution in [0.15, 0.2) is 41.1 Å². The molecule has 1 aromatic carbocycles. The van der Waals surface area contributed by atoms with Crippen molar-refractivity contribution in [2.45, 2.75) is 19.4 Å². The van der Waals surface area contributed by atoms with Crippen molar-refractivity contribution in [3.8, 4) is 0 Å². The number of nitrogens with one attached hydrogen (secondary N) is 1. The van der Waals surface area contributed by atoms with Crippen LogP contribution in [0, 0.1) is 0 Å². The van der Waals surface area contributed by atoms with Crippen molar-refractivity contribution in [2.24, 2.45) is 0 Å².